The average Bonchev–Trinajstić information content (AvgIpc) is 2.53. The fraction of sp³-hybridized carbons (Fsp3) is 0.600. The summed E-state index contributed by atoms with van der Waals surface area (Å²) < 4.78 is 0. The number of carbonyl (C=O) groups excluding carboxylic acids is 1. The summed E-state index contributed by atoms with van der Waals surface area (Å²) in [6, 6.07) is 2.08. The summed E-state index contributed by atoms with van der Waals surface area (Å²) in [5, 5.41) is 0. The molecule has 0 aromatic carbocycles. The number of likely N-dealkylation sites (tertiary alicyclic amines) is 1. The van der Waals surface area contributed by atoms with Crippen molar-refractivity contribution in [2.45, 2.75) is 32.7 Å². The largest absolute Gasteiger partial charge is 0.339 e. The SMILES string of the molecule is CCN1CCC(N(C)C(=O)c2cnc(C)cc2NN)CC1. The number of nitrogens with one attached hydrogen (secondary N) is 1. The number of hydrogen-bond donors (Lipinski definition) is 2. The van der Waals surface area contributed by atoms with Crippen LogP contribution in [0.15, 0.2) is 12.3 Å². The second-order valence-corrected chi connectivity index (χ2v) is 5.60. The van der Waals surface area contributed by atoms with Gasteiger partial charge in [-0.1, -0.05) is 6.92 Å². The van der Waals surface area contributed by atoms with Crippen molar-refractivity contribution in [1.29, 1.82) is 0 Å². The highest BCUT2D eigenvalue weighted by atomic mass is 16.2. The van der Waals surface area contributed by atoms with Crippen molar-refractivity contribution in [2.75, 3.05) is 32.1 Å². The molecule has 0 spiro atoms. The number of aryl methyl sites for hydroxylation is 1. The van der Waals surface area contributed by atoms with Gasteiger partial charge in [0.2, 0.25) is 0 Å². The van der Waals surface area contributed by atoms with E-state index in [-0.39, 0.29) is 11.9 Å². The number of rotatable bonds is 4. The van der Waals surface area contributed by atoms with Gasteiger partial charge >= 0.3 is 0 Å². The van der Waals surface area contributed by atoms with Gasteiger partial charge in [-0.15, -0.1) is 0 Å². The van der Waals surface area contributed by atoms with Crippen molar-refractivity contribution < 1.29 is 4.79 Å². The summed E-state index contributed by atoms with van der Waals surface area (Å²) >= 11 is 0. The second-order valence-electron chi connectivity index (χ2n) is 5.60. The fourth-order valence-corrected chi connectivity index (χ4v) is 2.83. The van der Waals surface area contributed by atoms with Gasteiger partial charge in [-0.3, -0.25) is 15.6 Å². The predicted octanol–water partition coefficient (Wildman–Crippen LogP) is 1.23. The summed E-state index contributed by atoms with van der Waals surface area (Å²) in [7, 11) is 1.87. The summed E-state index contributed by atoms with van der Waals surface area (Å²) in [5.41, 5.74) is 4.59. The molecule has 6 heteroatoms. The van der Waals surface area contributed by atoms with Crippen LogP contribution in [0.3, 0.4) is 0 Å². The molecule has 116 valence electrons. The zero-order valence-corrected chi connectivity index (χ0v) is 13.1. The van der Waals surface area contributed by atoms with E-state index >= 15 is 0 Å². The number of carbonyl (C=O) groups is 1. The number of amides is 1. The third kappa shape index (κ3) is 3.51. The lowest BCUT2D eigenvalue weighted by molar-refractivity contribution is 0.0647. The molecule has 0 atom stereocenters. The molecular weight excluding hydrogens is 266 g/mol. The van der Waals surface area contributed by atoms with Gasteiger partial charge in [-0.05, 0) is 32.4 Å². The quantitative estimate of drug-likeness (QED) is 0.645. The van der Waals surface area contributed by atoms with Crippen LogP contribution < -0.4 is 11.3 Å². The molecule has 0 unspecified atom stereocenters. The summed E-state index contributed by atoms with van der Waals surface area (Å²) in [5.74, 6) is 5.49. The van der Waals surface area contributed by atoms with Gasteiger partial charge in [0.05, 0.1) is 11.3 Å². The number of hydrogen-bond acceptors (Lipinski definition) is 5. The Bertz CT molecular complexity index is 497. The van der Waals surface area contributed by atoms with E-state index in [1.165, 1.54) is 0 Å². The van der Waals surface area contributed by atoms with E-state index in [2.05, 4.69) is 22.2 Å². The van der Waals surface area contributed by atoms with Crippen molar-refractivity contribution in [1.82, 2.24) is 14.8 Å². The Kier molecular flexibility index (Phi) is 5.14. The number of pyridine rings is 1. The molecule has 1 aliphatic rings. The topological polar surface area (TPSA) is 74.5 Å². The molecule has 21 heavy (non-hydrogen) atoms. The van der Waals surface area contributed by atoms with Crippen LogP contribution in [0.4, 0.5) is 5.69 Å². The maximum Gasteiger partial charge on any atom is 0.257 e. The molecule has 1 fully saturated rings. The van der Waals surface area contributed by atoms with Gasteiger partial charge in [-0.2, -0.15) is 0 Å². The molecule has 0 bridgehead atoms. The Morgan fingerprint density at radius 1 is 1.52 bits per heavy atom. The molecule has 1 aromatic rings. The minimum absolute atomic E-state index is 0.0228. The van der Waals surface area contributed by atoms with Crippen LogP contribution in [0, 0.1) is 6.92 Å². The lowest BCUT2D eigenvalue weighted by Gasteiger charge is -2.36. The van der Waals surface area contributed by atoms with Gasteiger partial charge < -0.3 is 15.2 Å². The zero-order valence-electron chi connectivity index (χ0n) is 13.1. The molecule has 1 saturated heterocycles. The Hall–Kier alpha value is -1.66. The maximum atomic E-state index is 12.7. The standard InChI is InChI=1S/C15H25N5O/c1-4-20-7-5-12(6-8-20)19(3)15(21)13-10-17-11(2)9-14(13)18-16/h9-10,12H,4-8,16H2,1-3H3,(H,17,18). The lowest BCUT2D eigenvalue weighted by Crippen LogP contribution is -2.45. The first-order chi connectivity index (χ1) is 10.1. The van der Waals surface area contributed by atoms with Gasteiger partial charge in [0.1, 0.15) is 0 Å². The van der Waals surface area contributed by atoms with E-state index in [0.29, 0.717) is 11.3 Å². The molecule has 1 aliphatic heterocycles. The van der Waals surface area contributed by atoms with E-state index < -0.39 is 0 Å². The van der Waals surface area contributed by atoms with E-state index in [4.69, 9.17) is 5.84 Å². The zero-order chi connectivity index (χ0) is 15.4. The summed E-state index contributed by atoms with van der Waals surface area (Å²) in [4.78, 5) is 21.1. The second kappa shape index (κ2) is 6.87. The number of aromatic nitrogens is 1. The number of nitrogens with two attached hydrogens (primary N) is 1. The molecule has 0 aliphatic carbocycles. The molecule has 2 heterocycles. The van der Waals surface area contributed by atoms with Crippen molar-refractivity contribution in [3.8, 4) is 0 Å². The number of nitrogen functional groups attached to an aromatic ring is 1. The van der Waals surface area contributed by atoms with E-state index in [1.807, 2.05) is 18.9 Å². The minimum atomic E-state index is -0.0228. The maximum absolute atomic E-state index is 12.7. The Morgan fingerprint density at radius 2 is 2.19 bits per heavy atom. The summed E-state index contributed by atoms with van der Waals surface area (Å²) in [6.07, 6.45) is 3.63. The van der Waals surface area contributed by atoms with Gasteiger partial charge in [-0.25, -0.2) is 0 Å². The highest BCUT2D eigenvalue weighted by Gasteiger charge is 2.26. The third-order valence-corrected chi connectivity index (χ3v) is 4.30. The van der Waals surface area contributed by atoms with Crippen molar-refractivity contribution in [3.05, 3.63) is 23.5 Å². The van der Waals surface area contributed by atoms with Crippen LogP contribution >= 0.6 is 0 Å². The summed E-state index contributed by atoms with van der Waals surface area (Å²) in [6.45, 7) is 7.22. The molecule has 0 radical (unpaired) electrons. The fourth-order valence-electron chi connectivity index (χ4n) is 2.83. The number of anilines is 1. The van der Waals surface area contributed by atoms with Gasteiger partial charge in [0, 0.05) is 38.1 Å². The highest BCUT2D eigenvalue weighted by molar-refractivity contribution is 5.99. The normalized spacial score (nSPS) is 16.8. The monoisotopic (exact) mass is 291 g/mol. The molecule has 3 N–H and O–H groups in total. The minimum Gasteiger partial charge on any atom is -0.339 e. The Balaban J connectivity index is 2.09. The van der Waals surface area contributed by atoms with Crippen LogP contribution in [0.2, 0.25) is 0 Å². The van der Waals surface area contributed by atoms with Crippen LogP contribution in [0.5, 0.6) is 0 Å². The highest BCUT2D eigenvalue weighted by Crippen LogP contribution is 2.21. The van der Waals surface area contributed by atoms with Crippen molar-refractivity contribution in [3.63, 3.8) is 0 Å². The van der Waals surface area contributed by atoms with Crippen molar-refractivity contribution >= 4 is 11.6 Å². The first-order valence-electron chi connectivity index (χ1n) is 7.49. The molecule has 6 nitrogen and oxygen atoms in total. The Labute approximate surface area is 126 Å². The van der Waals surface area contributed by atoms with E-state index in [9.17, 15) is 4.79 Å². The van der Waals surface area contributed by atoms with Crippen LogP contribution in [0.25, 0.3) is 0 Å². The smallest absolute Gasteiger partial charge is 0.257 e. The number of hydrazine groups is 1. The number of nitrogens with zero attached hydrogens (tertiary/aromatic N) is 3. The molecule has 2 rings (SSSR count). The Morgan fingerprint density at radius 3 is 2.76 bits per heavy atom. The van der Waals surface area contributed by atoms with Gasteiger partial charge in [0.15, 0.2) is 0 Å². The van der Waals surface area contributed by atoms with Crippen LogP contribution in [-0.2, 0) is 0 Å². The van der Waals surface area contributed by atoms with Gasteiger partial charge in [0.25, 0.3) is 5.91 Å². The molecule has 1 amide bonds. The first kappa shape index (κ1) is 15.7. The average molecular weight is 291 g/mol. The molecule has 1 aromatic heterocycles. The predicted molar refractivity (Wildman–Crippen MR) is 84.0 cm³/mol. The van der Waals surface area contributed by atoms with Crippen LogP contribution in [-0.4, -0.2) is 53.4 Å². The van der Waals surface area contributed by atoms with Crippen molar-refractivity contribution in [2.24, 2.45) is 5.84 Å². The number of piperidine rings is 1. The van der Waals surface area contributed by atoms with E-state index in [1.54, 1.807) is 12.3 Å². The van der Waals surface area contributed by atoms with E-state index in [0.717, 1.165) is 38.2 Å². The first-order valence-corrected chi connectivity index (χ1v) is 7.49. The molecule has 0 saturated carbocycles. The van der Waals surface area contributed by atoms with Crippen LogP contribution in [0.1, 0.15) is 35.8 Å². The lowest BCUT2D eigenvalue weighted by atomic mass is 10.0. The third-order valence-electron chi connectivity index (χ3n) is 4.30. The molecular formula is C15H25N5O.